The SMILES string of the molecule is Cn1cc(-c2nc(-c3c[nH]c4ncccc34)cs2)cn1. The maximum Gasteiger partial charge on any atom is 0.137 e. The Hall–Kier alpha value is -2.47. The van der Waals surface area contributed by atoms with E-state index in [2.05, 4.69) is 26.5 Å². The van der Waals surface area contributed by atoms with Crippen LogP contribution >= 0.6 is 11.3 Å². The van der Waals surface area contributed by atoms with Crippen LogP contribution in [0.5, 0.6) is 0 Å². The lowest BCUT2D eigenvalue weighted by atomic mass is 10.2. The van der Waals surface area contributed by atoms with Gasteiger partial charge in [-0.25, -0.2) is 9.97 Å². The summed E-state index contributed by atoms with van der Waals surface area (Å²) in [7, 11) is 1.91. The van der Waals surface area contributed by atoms with Gasteiger partial charge in [-0.1, -0.05) is 0 Å². The van der Waals surface area contributed by atoms with Crippen molar-refractivity contribution in [3.8, 4) is 21.8 Å². The summed E-state index contributed by atoms with van der Waals surface area (Å²) in [6.45, 7) is 0. The molecule has 98 valence electrons. The molecule has 4 aromatic heterocycles. The van der Waals surface area contributed by atoms with Crippen molar-refractivity contribution < 1.29 is 0 Å². The zero-order chi connectivity index (χ0) is 13.5. The quantitative estimate of drug-likeness (QED) is 0.614. The van der Waals surface area contributed by atoms with Gasteiger partial charge in [-0.3, -0.25) is 4.68 Å². The normalized spacial score (nSPS) is 11.2. The molecule has 0 atom stereocenters. The molecule has 0 bridgehead atoms. The molecular weight excluding hydrogens is 270 g/mol. The van der Waals surface area contributed by atoms with Crippen molar-refractivity contribution in [2.75, 3.05) is 0 Å². The molecule has 4 aromatic rings. The van der Waals surface area contributed by atoms with Gasteiger partial charge >= 0.3 is 0 Å². The summed E-state index contributed by atoms with van der Waals surface area (Å²) >= 11 is 1.62. The molecule has 0 aliphatic heterocycles. The summed E-state index contributed by atoms with van der Waals surface area (Å²) in [6, 6.07) is 3.99. The Kier molecular flexibility index (Phi) is 2.43. The van der Waals surface area contributed by atoms with Crippen LogP contribution in [-0.2, 0) is 7.05 Å². The number of fused-ring (bicyclic) bond motifs is 1. The topological polar surface area (TPSA) is 59.4 Å². The minimum atomic E-state index is 0.887. The zero-order valence-electron chi connectivity index (χ0n) is 10.7. The predicted molar refractivity (Wildman–Crippen MR) is 79.4 cm³/mol. The summed E-state index contributed by atoms with van der Waals surface area (Å²) in [5.41, 5.74) is 3.98. The van der Waals surface area contributed by atoms with Crippen LogP contribution in [0.2, 0.25) is 0 Å². The molecule has 0 amide bonds. The van der Waals surface area contributed by atoms with Gasteiger partial charge in [-0.2, -0.15) is 5.10 Å². The van der Waals surface area contributed by atoms with Gasteiger partial charge in [0.05, 0.1) is 11.9 Å². The van der Waals surface area contributed by atoms with E-state index in [1.165, 1.54) is 0 Å². The fourth-order valence-electron chi connectivity index (χ4n) is 2.23. The third-order valence-electron chi connectivity index (χ3n) is 3.18. The minimum absolute atomic E-state index is 0.887. The lowest BCUT2D eigenvalue weighted by Crippen LogP contribution is -1.84. The smallest absolute Gasteiger partial charge is 0.137 e. The summed E-state index contributed by atoms with van der Waals surface area (Å²) in [4.78, 5) is 12.2. The maximum absolute atomic E-state index is 4.70. The Balaban J connectivity index is 1.82. The summed E-state index contributed by atoms with van der Waals surface area (Å²) in [5.74, 6) is 0. The second kappa shape index (κ2) is 4.28. The van der Waals surface area contributed by atoms with Gasteiger partial charge < -0.3 is 4.98 Å². The van der Waals surface area contributed by atoms with Gasteiger partial charge in [0.15, 0.2) is 0 Å². The van der Waals surface area contributed by atoms with Crippen LogP contribution in [0, 0.1) is 0 Å². The zero-order valence-corrected chi connectivity index (χ0v) is 11.6. The van der Waals surface area contributed by atoms with Gasteiger partial charge in [0.25, 0.3) is 0 Å². The Morgan fingerprint density at radius 1 is 1.35 bits per heavy atom. The highest BCUT2D eigenvalue weighted by Gasteiger charge is 2.11. The van der Waals surface area contributed by atoms with E-state index in [1.807, 2.05) is 31.7 Å². The van der Waals surface area contributed by atoms with E-state index in [9.17, 15) is 0 Å². The van der Waals surface area contributed by atoms with E-state index >= 15 is 0 Å². The van der Waals surface area contributed by atoms with E-state index in [0.29, 0.717) is 0 Å². The number of aromatic amines is 1. The van der Waals surface area contributed by atoms with Gasteiger partial charge in [0, 0.05) is 47.5 Å². The highest BCUT2D eigenvalue weighted by Crippen LogP contribution is 2.32. The number of nitrogens with zero attached hydrogens (tertiary/aromatic N) is 4. The maximum atomic E-state index is 4.70. The average Bonchev–Trinajstić information content (AvgIpc) is 3.15. The van der Waals surface area contributed by atoms with Crippen LogP contribution < -0.4 is 0 Å². The molecule has 0 saturated carbocycles. The fraction of sp³-hybridized carbons (Fsp3) is 0.0714. The third kappa shape index (κ3) is 1.73. The molecular formula is C14H11N5S. The number of pyridine rings is 1. The minimum Gasteiger partial charge on any atom is -0.345 e. The standard InChI is InChI=1S/C14H11N5S/c1-19-7-9(5-17-19)14-18-12(8-20-14)11-6-16-13-10(11)3-2-4-15-13/h2-8H,1H3,(H,15,16). The molecule has 0 aromatic carbocycles. The first-order chi connectivity index (χ1) is 9.81. The van der Waals surface area contributed by atoms with Gasteiger partial charge in [0.1, 0.15) is 10.7 Å². The van der Waals surface area contributed by atoms with Crippen LogP contribution in [0.15, 0.2) is 42.3 Å². The number of nitrogens with one attached hydrogen (secondary N) is 1. The van der Waals surface area contributed by atoms with E-state index in [1.54, 1.807) is 22.2 Å². The van der Waals surface area contributed by atoms with Crippen molar-refractivity contribution in [1.29, 1.82) is 0 Å². The molecule has 0 spiro atoms. The third-order valence-corrected chi connectivity index (χ3v) is 4.07. The number of hydrogen-bond donors (Lipinski definition) is 1. The van der Waals surface area contributed by atoms with E-state index in [0.717, 1.165) is 32.9 Å². The van der Waals surface area contributed by atoms with Crippen molar-refractivity contribution in [2.45, 2.75) is 0 Å². The largest absolute Gasteiger partial charge is 0.345 e. The average molecular weight is 281 g/mol. The molecule has 6 heteroatoms. The van der Waals surface area contributed by atoms with Crippen molar-refractivity contribution in [3.05, 3.63) is 42.3 Å². The van der Waals surface area contributed by atoms with Crippen molar-refractivity contribution >= 4 is 22.4 Å². The number of hydrogen-bond acceptors (Lipinski definition) is 4. The second-order valence-electron chi connectivity index (χ2n) is 4.54. The van der Waals surface area contributed by atoms with Crippen molar-refractivity contribution in [1.82, 2.24) is 24.7 Å². The Morgan fingerprint density at radius 2 is 2.30 bits per heavy atom. The molecule has 20 heavy (non-hydrogen) atoms. The highest BCUT2D eigenvalue weighted by molar-refractivity contribution is 7.13. The monoisotopic (exact) mass is 281 g/mol. The van der Waals surface area contributed by atoms with E-state index < -0.39 is 0 Å². The number of thiazole rings is 1. The first kappa shape index (κ1) is 11.4. The lowest BCUT2D eigenvalue weighted by molar-refractivity contribution is 0.768. The van der Waals surface area contributed by atoms with Crippen molar-refractivity contribution in [2.24, 2.45) is 7.05 Å². The molecule has 4 heterocycles. The molecule has 4 rings (SSSR count). The summed E-state index contributed by atoms with van der Waals surface area (Å²) in [6.07, 6.45) is 7.54. The molecule has 0 saturated heterocycles. The highest BCUT2D eigenvalue weighted by atomic mass is 32.1. The first-order valence-corrected chi connectivity index (χ1v) is 7.06. The molecule has 0 aliphatic rings. The molecule has 0 aliphatic carbocycles. The Bertz CT molecular complexity index is 886. The lowest BCUT2D eigenvalue weighted by Gasteiger charge is -1.93. The second-order valence-corrected chi connectivity index (χ2v) is 5.40. The van der Waals surface area contributed by atoms with Gasteiger partial charge in [-0.05, 0) is 12.1 Å². The fourth-order valence-corrected chi connectivity index (χ4v) is 3.03. The molecule has 0 unspecified atom stereocenters. The van der Waals surface area contributed by atoms with Crippen LogP contribution in [0.1, 0.15) is 0 Å². The van der Waals surface area contributed by atoms with Crippen LogP contribution in [0.4, 0.5) is 0 Å². The van der Waals surface area contributed by atoms with Crippen LogP contribution in [0.3, 0.4) is 0 Å². The van der Waals surface area contributed by atoms with Gasteiger partial charge in [-0.15, -0.1) is 11.3 Å². The van der Waals surface area contributed by atoms with E-state index in [-0.39, 0.29) is 0 Å². The van der Waals surface area contributed by atoms with Crippen LogP contribution in [0.25, 0.3) is 32.9 Å². The molecule has 1 N–H and O–H groups in total. The molecule has 0 radical (unpaired) electrons. The Labute approximate surface area is 118 Å². The molecule has 5 nitrogen and oxygen atoms in total. The number of rotatable bonds is 2. The van der Waals surface area contributed by atoms with Crippen molar-refractivity contribution in [3.63, 3.8) is 0 Å². The van der Waals surface area contributed by atoms with Crippen LogP contribution in [-0.4, -0.2) is 24.7 Å². The predicted octanol–water partition coefficient (Wildman–Crippen LogP) is 3.09. The first-order valence-electron chi connectivity index (χ1n) is 6.18. The summed E-state index contributed by atoms with van der Waals surface area (Å²) < 4.78 is 1.78. The van der Waals surface area contributed by atoms with Gasteiger partial charge in [0.2, 0.25) is 0 Å². The molecule has 0 fully saturated rings. The Morgan fingerprint density at radius 3 is 3.15 bits per heavy atom. The number of H-pyrrole nitrogens is 1. The van der Waals surface area contributed by atoms with E-state index in [4.69, 9.17) is 4.98 Å². The number of aryl methyl sites for hydroxylation is 1. The number of aromatic nitrogens is 5. The summed E-state index contributed by atoms with van der Waals surface area (Å²) in [5, 5.41) is 8.32.